The Bertz CT molecular complexity index is 538. The van der Waals surface area contributed by atoms with E-state index in [1.807, 2.05) is 36.5 Å². The first kappa shape index (κ1) is 13.2. The smallest absolute Gasteiger partial charge is 0.119 e. The summed E-state index contributed by atoms with van der Waals surface area (Å²) in [5, 5.41) is 7.27. The summed E-state index contributed by atoms with van der Waals surface area (Å²) in [5.41, 5.74) is 2.58. The molecule has 1 aliphatic heterocycles. The summed E-state index contributed by atoms with van der Waals surface area (Å²) in [7, 11) is 0. The van der Waals surface area contributed by atoms with Crippen molar-refractivity contribution in [1.82, 2.24) is 15.1 Å². The first-order chi connectivity index (χ1) is 9.83. The van der Waals surface area contributed by atoms with Crippen molar-refractivity contribution >= 4 is 0 Å². The molecule has 3 rings (SSSR count). The lowest BCUT2D eigenvalue weighted by atomic mass is 10.0. The molecule has 1 atom stereocenters. The molecule has 1 aliphatic rings. The summed E-state index contributed by atoms with van der Waals surface area (Å²) in [4.78, 5) is 2.47. The van der Waals surface area contributed by atoms with Crippen LogP contribution in [-0.2, 0) is 0 Å². The van der Waals surface area contributed by atoms with Gasteiger partial charge in [0.25, 0.3) is 0 Å². The quantitative estimate of drug-likeness (QED) is 0.908. The fourth-order valence-electron chi connectivity index (χ4n) is 2.85. The number of nitrogens with zero attached hydrogens (tertiary/aromatic N) is 2. The normalized spacial score (nSPS) is 19.4. The van der Waals surface area contributed by atoms with Crippen LogP contribution in [0.1, 0.15) is 23.6 Å². The van der Waals surface area contributed by atoms with E-state index in [4.69, 9.17) is 4.74 Å². The van der Waals surface area contributed by atoms with Crippen molar-refractivity contribution in [3.63, 3.8) is 0 Å². The van der Waals surface area contributed by atoms with Crippen LogP contribution in [0.25, 0.3) is 0 Å². The summed E-state index contributed by atoms with van der Waals surface area (Å²) in [6.45, 7) is 6.10. The summed E-state index contributed by atoms with van der Waals surface area (Å²) >= 11 is 0. The van der Waals surface area contributed by atoms with Crippen LogP contribution in [0.3, 0.4) is 0 Å². The molecule has 1 fully saturated rings. The minimum absolute atomic E-state index is 0.592. The Labute approximate surface area is 119 Å². The minimum Gasteiger partial charge on any atom is -0.492 e. The van der Waals surface area contributed by atoms with Gasteiger partial charge in [0.2, 0.25) is 0 Å². The first-order valence-corrected chi connectivity index (χ1v) is 7.23. The number of likely N-dealkylation sites (tertiary alicyclic amines) is 1. The highest BCUT2D eigenvalue weighted by Gasteiger charge is 2.25. The SMILES string of the molecule is Cc1cn[nH]c1C1CCN(CCOc2ccccc2)C1. The zero-order valence-corrected chi connectivity index (χ0v) is 11.9. The first-order valence-electron chi connectivity index (χ1n) is 7.23. The number of aryl methyl sites for hydroxylation is 1. The largest absolute Gasteiger partial charge is 0.492 e. The fraction of sp³-hybridized carbons (Fsp3) is 0.438. The molecule has 0 bridgehead atoms. The number of nitrogens with one attached hydrogen (secondary N) is 1. The van der Waals surface area contributed by atoms with E-state index in [2.05, 4.69) is 22.0 Å². The molecule has 1 aromatic carbocycles. The van der Waals surface area contributed by atoms with Crippen LogP contribution >= 0.6 is 0 Å². The van der Waals surface area contributed by atoms with Crippen LogP contribution in [0.4, 0.5) is 0 Å². The monoisotopic (exact) mass is 271 g/mol. The van der Waals surface area contributed by atoms with Gasteiger partial charge >= 0.3 is 0 Å². The van der Waals surface area contributed by atoms with Crippen LogP contribution in [0, 0.1) is 6.92 Å². The molecule has 2 aromatic rings. The van der Waals surface area contributed by atoms with E-state index in [-0.39, 0.29) is 0 Å². The molecule has 4 heteroatoms. The topological polar surface area (TPSA) is 41.2 Å². The van der Waals surface area contributed by atoms with Gasteiger partial charge in [-0.2, -0.15) is 5.10 Å². The number of hydrogen-bond donors (Lipinski definition) is 1. The van der Waals surface area contributed by atoms with Crippen molar-refractivity contribution in [2.45, 2.75) is 19.3 Å². The number of benzene rings is 1. The predicted molar refractivity (Wildman–Crippen MR) is 79.1 cm³/mol. The van der Waals surface area contributed by atoms with Crippen molar-refractivity contribution in [2.75, 3.05) is 26.2 Å². The number of aromatic amines is 1. The molecule has 1 unspecified atom stereocenters. The lowest BCUT2D eigenvalue weighted by Crippen LogP contribution is -2.26. The van der Waals surface area contributed by atoms with Crippen molar-refractivity contribution < 1.29 is 4.74 Å². The molecule has 0 spiro atoms. The third kappa shape index (κ3) is 3.02. The Kier molecular flexibility index (Phi) is 4.02. The van der Waals surface area contributed by atoms with Crippen molar-refractivity contribution in [3.05, 3.63) is 47.8 Å². The number of ether oxygens (including phenoxy) is 1. The lowest BCUT2D eigenvalue weighted by Gasteiger charge is -2.16. The van der Waals surface area contributed by atoms with E-state index in [1.165, 1.54) is 17.7 Å². The maximum atomic E-state index is 5.76. The van der Waals surface area contributed by atoms with E-state index in [9.17, 15) is 0 Å². The van der Waals surface area contributed by atoms with E-state index in [0.717, 1.165) is 32.0 Å². The van der Waals surface area contributed by atoms with Crippen molar-refractivity contribution in [3.8, 4) is 5.75 Å². The van der Waals surface area contributed by atoms with E-state index in [1.54, 1.807) is 0 Å². The third-order valence-electron chi connectivity index (χ3n) is 3.97. The van der Waals surface area contributed by atoms with Crippen LogP contribution < -0.4 is 4.74 Å². The third-order valence-corrected chi connectivity index (χ3v) is 3.97. The molecule has 2 heterocycles. The molecule has 4 nitrogen and oxygen atoms in total. The number of hydrogen-bond acceptors (Lipinski definition) is 3. The van der Waals surface area contributed by atoms with Crippen LogP contribution in [-0.4, -0.2) is 41.3 Å². The molecule has 1 N–H and O–H groups in total. The number of aromatic nitrogens is 2. The maximum absolute atomic E-state index is 5.76. The molecule has 0 saturated carbocycles. The van der Waals surface area contributed by atoms with Crippen LogP contribution in [0.5, 0.6) is 5.75 Å². The highest BCUT2D eigenvalue weighted by molar-refractivity contribution is 5.21. The van der Waals surface area contributed by atoms with Gasteiger partial charge in [0.15, 0.2) is 0 Å². The van der Waals surface area contributed by atoms with Gasteiger partial charge in [0.05, 0.1) is 6.20 Å². The predicted octanol–water partition coefficient (Wildman–Crippen LogP) is 2.59. The summed E-state index contributed by atoms with van der Waals surface area (Å²) in [6, 6.07) is 10.0. The summed E-state index contributed by atoms with van der Waals surface area (Å²) in [5.74, 6) is 1.54. The number of H-pyrrole nitrogens is 1. The van der Waals surface area contributed by atoms with Gasteiger partial charge in [-0.15, -0.1) is 0 Å². The van der Waals surface area contributed by atoms with E-state index in [0.29, 0.717) is 5.92 Å². The standard InChI is InChI=1S/C16H21N3O/c1-13-11-17-18-16(13)14-7-8-19(12-14)9-10-20-15-5-3-2-4-6-15/h2-6,11,14H,7-10,12H2,1H3,(H,17,18). The molecular formula is C16H21N3O. The Morgan fingerprint density at radius 1 is 1.35 bits per heavy atom. The zero-order valence-electron chi connectivity index (χ0n) is 11.9. The van der Waals surface area contributed by atoms with Gasteiger partial charge in [-0.25, -0.2) is 0 Å². The van der Waals surface area contributed by atoms with E-state index >= 15 is 0 Å². The van der Waals surface area contributed by atoms with Gasteiger partial charge in [-0.3, -0.25) is 10.00 Å². The Hall–Kier alpha value is -1.81. The van der Waals surface area contributed by atoms with Gasteiger partial charge in [-0.05, 0) is 37.6 Å². The molecule has 1 aromatic heterocycles. The van der Waals surface area contributed by atoms with Gasteiger partial charge in [-0.1, -0.05) is 18.2 Å². The van der Waals surface area contributed by atoms with Gasteiger partial charge in [0, 0.05) is 24.7 Å². The second kappa shape index (κ2) is 6.09. The highest BCUT2D eigenvalue weighted by atomic mass is 16.5. The second-order valence-electron chi connectivity index (χ2n) is 5.41. The fourth-order valence-corrected chi connectivity index (χ4v) is 2.85. The molecular weight excluding hydrogens is 250 g/mol. The van der Waals surface area contributed by atoms with Gasteiger partial charge < -0.3 is 4.74 Å². The average Bonchev–Trinajstić information content (AvgIpc) is 3.09. The zero-order chi connectivity index (χ0) is 13.8. The lowest BCUT2D eigenvalue weighted by molar-refractivity contribution is 0.236. The van der Waals surface area contributed by atoms with E-state index < -0.39 is 0 Å². The average molecular weight is 271 g/mol. The highest BCUT2D eigenvalue weighted by Crippen LogP contribution is 2.27. The molecule has 0 aliphatic carbocycles. The summed E-state index contributed by atoms with van der Waals surface area (Å²) in [6.07, 6.45) is 3.12. The molecule has 20 heavy (non-hydrogen) atoms. The molecule has 106 valence electrons. The van der Waals surface area contributed by atoms with Crippen molar-refractivity contribution in [2.24, 2.45) is 0 Å². The van der Waals surface area contributed by atoms with Gasteiger partial charge in [0.1, 0.15) is 12.4 Å². The second-order valence-corrected chi connectivity index (χ2v) is 5.41. The Balaban J connectivity index is 1.45. The van der Waals surface area contributed by atoms with Crippen molar-refractivity contribution in [1.29, 1.82) is 0 Å². The Morgan fingerprint density at radius 3 is 2.95 bits per heavy atom. The minimum atomic E-state index is 0.592. The van der Waals surface area contributed by atoms with Crippen LogP contribution in [0.15, 0.2) is 36.5 Å². The molecule has 0 amide bonds. The Morgan fingerprint density at radius 2 is 2.20 bits per heavy atom. The maximum Gasteiger partial charge on any atom is 0.119 e. The molecule has 1 saturated heterocycles. The number of rotatable bonds is 5. The summed E-state index contributed by atoms with van der Waals surface area (Å²) < 4.78 is 5.76. The van der Waals surface area contributed by atoms with Crippen LogP contribution in [0.2, 0.25) is 0 Å². The number of para-hydroxylation sites is 1. The molecule has 0 radical (unpaired) electrons.